The topological polar surface area (TPSA) is 36.7 Å². The summed E-state index contributed by atoms with van der Waals surface area (Å²) in [5.41, 5.74) is 5.08. The molecule has 20 heavy (non-hydrogen) atoms. The number of hydrogen-bond donors (Lipinski definition) is 0. The number of nitriles is 1. The van der Waals surface area contributed by atoms with E-state index >= 15 is 0 Å². The van der Waals surface area contributed by atoms with Gasteiger partial charge in [0.1, 0.15) is 11.1 Å². The van der Waals surface area contributed by atoms with Gasteiger partial charge in [-0.3, -0.25) is 0 Å². The number of thioether (sulfide) groups is 2. The number of benzene rings is 1. The van der Waals surface area contributed by atoms with Gasteiger partial charge < -0.3 is 0 Å². The summed E-state index contributed by atoms with van der Waals surface area (Å²) in [7, 11) is 0. The van der Waals surface area contributed by atoms with E-state index in [0.717, 1.165) is 26.7 Å². The molecular weight excluding hydrogens is 284 g/mol. The SMILES string of the molecule is CSc1nc(C)c(-c2ccc(C)cc2)c(SC)c1C#N. The molecule has 0 aliphatic carbocycles. The van der Waals surface area contributed by atoms with E-state index in [2.05, 4.69) is 42.2 Å². The molecule has 0 saturated heterocycles. The molecule has 0 saturated carbocycles. The van der Waals surface area contributed by atoms with Crippen molar-refractivity contribution in [2.75, 3.05) is 12.5 Å². The van der Waals surface area contributed by atoms with E-state index in [-0.39, 0.29) is 0 Å². The summed E-state index contributed by atoms with van der Waals surface area (Å²) in [6.45, 7) is 4.08. The lowest BCUT2D eigenvalue weighted by Gasteiger charge is -2.15. The van der Waals surface area contributed by atoms with Crippen LogP contribution in [-0.4, -0.2) is 17.5 Å². The van der Waals surface area contributed by atoms with E-state index in [4.69, 9.17) is 0 Å². The zero-order chi connectivity index (χ0) is 14.7. The Labute approximate surface area is 128 Å². The number of pyridine rings is 1. The van der Waals surface area contributed by atoms with Crippen molar-refractivity contribution in [2.24, 2.45) is 0 Å². The molecule has 1 aromatic carbocycles. The van der Waals surface area contributed by atoms with Crippen molar-refractivity contribution < 1.29 is 0 Å². The van der Waals surface area contributed by atoms with E-state index in [1.165, 1.54) is 17.3 Å². The van der Waals surface area contributed by atoms with Crippen LogP contribution in [0.3, 0.4) is 0 Å². The highest BCUT2D eigenvalue weighted by molar-refractivity contribution is 7.99. The van der Waals surface area contributed by atoms with Gasteiger partial charge in [0.2, 0.25) is 0 Å². The molecule has 0 unspecified atom stereocenters. The Balaban J connectivity index is 2.76. The van der Waals surface area contributed by atoms with Gasteiger partial charge in [-0.25, -0.2) is 4.98 Å². The fourth-order valence-electron chi connectivity index (χ4n) is 2.16. The first-order valence-corrected chi connectivity index (χ1v) is 8.67. The maximum Gasteiger partial charge on any atom is 0.115 e. The van der Waals surface area contributed by atoms with E-state index < -0.39 is 0 Å². The second-order valence-corrected chi connectivity index (χ2v) is 6.08. The smallest absolute Gasteiger partial charge is 0.115 e. The first-order chi connectivity index (χ1) is 9.62. The molecule has 0 spiro atoms. The molecule has 0 N–H and O–H groups in total. The van der Waals surface area contributed by atoms with Crippen LogP contribution in [0.25, 0.3) is 11.1 Å². The molecule has 2 nitrogen and oxygen atoms in total. The van der Waals surface area contributed by atoms with Crippen LogP contribution >= 0.6 is 23.5 Å². The summed E-state index contributed by atoms with van der Waals surface area (Å²) < 4.78 is 0. The zero-order valence-corrected chi connectivity index (χ0v) is 13.7. The number of rotatable bonds is 3. The van der Waals surface area contributed by atoms with Crippen LogP contribution in [0.15, 0.2) is 34.2 Å². The first kappa shape index (κ1) is 15.0. The van der Waals surface area contributed by atoms with Crippen molar-refractivity contribution >= 4 is 23.5 Å². The lowest BCUT2D eigenvalue weighted by atomic mass is 10.0. The van der Waals surface area contributed by atoms with Gasteiger partial charge in [-0.1, -0.05) is 29.8 Å². The number of nitrogens with zero attached hydrogens (tertiary/aromatic N) is 2. The van der Waals surface area contributed by atoms with Gasteiger partial charge in [0.15, 0.2) is 0 Å². The van der Waals surface area contributed by atoms with Crippen LogP contribution in [0, 0.1) is 25.2 Å². The summed E-state index contributed by atoms with van der Waals surface area (Å²) in [6, 6.07) is 10.7. The second kappa shape index (κ2) is 6.34. The fraction of sp³-hybridized carbons (Fsp3) is 0.250. The maximum absolute atomic E-state index is 9.45. The first-order valence-electron chi connectivity index (χ1n) is 6.22. The van der Waals surface area contributed by atoms with Crippen LogP contribution in [0.4, 0.5) is 0 Å². The Bertz CT molecular complexity index is 670. The zero-order valence-electron chi connectivity index (χ0n) is 12.0. The molecule has 102 valence electrons. The Morgan fingerprint density at radius 2 is 1.70 bits per heavy atom. The third-order valence-corrected chi connectivity index (χ3v) is 4.65. The normalized spacial score (nSPS) is 10.3. The summed E-state index contributed by atoms with van der Waals surface area (Å²) >= 11 is 3.14. The fourth-order valence-corrected chi connectivity index (χ4v) is 3.62. The van der Waals surface area contributed by atoms with Crippen LogP contribution in [-0.2, 0) is 0 Å². The summed E-state index contributed by atoms with van der Waals surface area (Å²) in [4.78, 5) is 5.62. The maximum atomic E-state index is 9.45. The number of aryl methyl sites for hydroxylation is 2. The van der Waals surface area contributed by atoms with Crippen molar-refractivity contribution in [2.45, 2.75) is 23.8 Å². The number of aromatic nitrogens is 1. The molecule has 1 heterocycles. The Hall–Kier alpha value is -1.44. The predicted molar refractivity (Wildman–Crippen MR) is 87.4 cm³/mol. The van der Waals surface area contributed by atoms with E-state index in [9.17, 15) is 5.26 Å². The van der Waals surface area contributed by atoms with Crippen molar-refractivity contribution in [3.63, 3.8) is 0 Å². The minimum Gasteiger partial charge on any atom is -0.245 e. The van der Waals surface area contributed by atoms with Gasteiger partial charge >= 0.3 is 0 Å². The van der Waals surface area contributed by atoms with Crippen LogP contribution in [0.1, 0.15) is 16.8 Å². The Kier molecular flexibility index (Phi) is 4.74. The second-order valence-electron chi connectivity index (χ2n) is 4.47. The van der Waals surface area contributed by atoms with Gasteiger partial charge in [-0.05, 0) is 31.9 Å². The molecule has 0 aliphatic rings. The van der Waals surface area contributed by atoms with Gasteiger partial charge in [0.05, 0.1) is 5.56 Å². The summed E-state index contributed by atoms with van der Waals surface area (Å²) in [6.07, 6.45) is 3.97. The van der Waals surface area contributed by atoms with E-state index in [0.29, 0.717) is 5.56 Å². The van der Waals surface area contributed by atoms with Crippen LogP contribution in [0.2, 0.25) is 0 Å². The minimum atomic E-state index is 0.686. The highest BCUT2D eigenvalue weighted by Crippen LogP contribution is 2.38. The minimum absolute atomic E-state index is 0.686. The van der Waals surface area contributed by atoms with Crippen LogP contribution in [0.5, 0.6) is 0 Å². The third kappa shape index (κ3) is 2.70. The van der Waals surface area contributed by atoms with Crippen molar-refractivity contribution in [3.8, 4) is 17.2 Å². The molecule has 2 aromatic rings. The van der Waals surface area contributed by atoms with Gasteiger partial charge in [-0.15, -0.1) is 23.5 Å². The van der Waals surface area contributed by atoms with Gasteiger partial charge in [-0.2, -0.15) is 5.26 Å². The van der Waals surface area contributed by atoms with Crippen molar-refractivity contribution in [1.82, 2.24) is 4.98 Å². The molecule has 0 radical (unpaired) electrons. The standard InChI is InChI=1S/C16H16N2S2/c1-10-5-7-12(8-6-10)14-11(2)18-16(20-4)13(9-17)15(14)19-3/h5-8H,1-4H3. The molecule has 0 amide bonds. The number of hydrogen-bond acceptors (Lipinski definition) is 4. The molecule has 2 rings (SSSR count). The summed E-state index contributed by atoms with van der Waals surface area (Å²) in [5.74, 6) is 0. The molecular formula is C16H16N2S2. The van der Waals surface area contributed by atoms with Crippen molar-refractivity contribution in [3.05, 3.63) is 41.1 Å². The quantitative estimate of drug-likeness (QED) is 0.771. The summed E-state index contributed by atoms with van der Waals surface area (Å²) in [5, 5.41) is 10.3. The molecule has 0 aliphatic heterocycles. The van der Waals surface area contributed by atoms with Gasteiger partial charge in [0, 0.05) is 16.2 Å². The predicted octanol–water partition coefficient (Wildman–Crippen LogP) is 4.68. The Morgan fingerprint density at radius 1 is 1.05 bits per heavy atom. The average Bonchev–Trinajstić information content (AvgIpc) is 2.47. The highest BCUT2D eigenvalue weighted by atomic mass is 32.2. The lowest BCUT2D eigenvalue weighted by molar-refractivity contribution is 1.02. The monoisotopic (exact) mass is 300 g/mol. The molecule has 1 aromatic heterocycles. The largest absolute Gasteiger partial charge is 0.245 e. The van der Waals surface area contributed by atoms with E-state index in [1.807, 2.05) is 19.4 Å². The molecule has 4 heteroatoms. The Morgan fingerprint density at radius 3 is 2.20 bits per heavy atom. The van der Waals surface area contributed by atoms with Crippen LogP contribution < -0.4 is 0 Å². The highest BCUT2D eigenvalue weighted by Gasteiger charge is 2.18. The van der Waals surface area contributed by atoms with Crippen molar-refractivity contribution in [1.29, 1.82) is 5.26 Å². The van der Waals surface area contributed by atoms with E-state index in [1.54, 1.807) is 11.8 Å². The van der Waals surface area contributed by atoms with Gasteiger partial charge in [0.25, 0.3) is 0 Å². The average molecular weight is 300 g/mol. The molecule has 0 atom stereocenters. The molecule has 0 bridgehead atoms. The molecule has 0 fully saturated rings. The third-order valence-electron chi connectivity index (χ3n) is 3.15. The lowest BCUT2D eigenvalue weighted by Crippen LogP contribution is -1.98.